The molecule has 0 heterocycles. The second-order valence-electron chi connectivity index (χ2n) is 4.08. The van der Waals surface area contributed by atoms with Crippen molar-refractivity contribution in [2.24, 2.45) is 0 Å². The molecule has 0 saturated carbocycles. The van der Waals surface area contributed by atoms with Crippen molar-refractivity contribution in [1.29, 1.82) is 0 Å². The Morgan fingerprint density at radius 1 is 1.47 bits per heavy atom. The molecule has 0 aliphatic carbocycles. The summed E-state index contributed by atoms with van der Waals surface area (Å²) in [6, 6.07) is 5.13. The Bertz CT molecular complexity index is 423. The number of aliphatic carboxylic acids is 1. The van der Waals surface area contributed by atoms with E-state index in [1.807, 2.05) is 6.92 Å². The van der Waals surface area contributed by atoms with E-state index in [0.717, 1.165) is 5.56 Å². The van der Waals surface area contributed by atoms with Crippen LogP contribution in [0.15, 0.2) is 18.2 Å². The Kier molecular flexibility index (Phi) is 4.80. The van der Waals surface area contributed by atoms with Gasteiger partial charge in [-0.2, -0.15) is 0 Å². The normalized spacial score (nSPS) is 14.4. The van der Waals surface area contributed by atoms with Crippen molar-refractivity contribution in [3.05, 3.63) is 33.8 Å². The maximum absolute atomic E-state index is 11.1. The standard InChI is InChI=1S/C12H15Cl2NO2/c1-3-12(2,11(16)17)15-7-8-6-9(13)4-5-10(8)14/h4-6,15H,3,7H2,1-2H3,(H,16,17). The van der Waals surface area contributed by atoms with E-state index in [1.165, 1.54) is 0 Å². The molecule has 5 heteroatoms. The number of rotatable bonds is 5. The van der Waals surface area contributed by atoms with Crippen LogP contribution in [0.4, 0.5) is 0 Å². The molecule has 0 aliphatic heterocycles. The summed E-state index contributed by atoms with van der Waals surface area (Å²) in [6.07, 6.45) is 0.487. The summed E-state index contributed by atoms with van der Waals surface area (Å²) in [6.45, 7) is 3.84. The van der Waals surface area contributed by atoms with Crippen LogP contribution in [0.2, 0.25) is 10.0 Å². The van der Waals surface area contributed by atoms with Gasteiger partial charge in [0.15, 0.2) is 0 Å². The van der Waals surface area contributed by atoms with Crippen molar-refractivity contribution in [2.45, 2.75) is 32.4 Å². The summed E-state index contributed by atoms with van der Waals surface area (Å²) in [5, 5.41) is 13.3. The molecule has 1 aromatic carbocycles. The largest absolute Gasteiger partial charge is 0.480 e. The number of hydrogen-bond donors (Lipinski definition) is 2. The maximum atomic E-state index is 11.1. The fourth-order valence-electron chi connectivity index (χ4n) is 1.32. The highest BCUT2D eigenvalue weighted by Crippen LogP contribution is 2.21. The van der Waals surface area contributed by atoms with Crippen molar-refractivity contribution in [1.82, 2.24) is 5.32 Å². The third-order valence-electron chi connectivity index (χ3n) is 2.86. The van der Waals surface area contributed by atoms with Crippen molar-refractivity contribution in [3.8, 4) is 0 Å². The van der Waals surface area contributed by atoms with Crippen LogP contribution in [0.25, 0.3) is 0 Å². The zero-order chi connectivity index (χ0) is 13.1. The van der Waals surface area contributed by atoms with Crippen molar-refractivity contribution in [3.63, 3.8) is 0 Å². The lowest BCUT2D eigenvalue weighted by Crippen LogP contribution is -2.48. The monoisotopic (exact) mass is 275 g/mol. The predicted molar refractivity (Wildman–Crippen MR) is 69.6 cm³/mol. The molecule has 3 nitrogen and oxygen atoms in total. The number of carbonyl (C=O) groups is 1. The van der Waals surface area contributed by atoms with Gasteiger partial charge in [-0.15, -0.1) is 0 Å². The molecule has 0 amide bonds. The van der Waals surface area contributed by atoms with Gasteiger partial charge in [-0.25, -0.2) is 0 Å². The molecular formula is C12H15Cl2NO2. The summed E-state index contributed by atoms with van der Waals surface area (Å²) in [5.41, 5.74) is -0.161. The van der Waals surface area contributed by atoms with Crippen LogP contribution in [0, 0.1) is 0 Å². The molecule has 2 N–H and O–H groups in total. The SMILES string of the molecule is CCC(C)(NCc1cc(Cl)ccc1Cl)C(=O)O. The van der Waals surface area contributed by atoms with Gasteiger partial charge < -0.3 is 5.11 Å². The van der Waals surface area contributed by atoms with Crippen LogP contribution in [0.3, 0.4) is 0 Å². The van der Waals surface area contributed by atoms with Gasteiger partial charge in [0.1, 0.15) is 5.54 Å². The van der Waals surface area contributed by atoms with Gasteiger partial charge in [0, 0.05) is 16.6 Å². The molecule has 1 atom stereocenters. The zero-order valence-electron chi connectivity index (χ0n) is 9.76. The Morgan fingerprint density at radius 2 is 2.12 bits per heavy atom. The first kappa shape index (κ1) is 14.3. The van der Waals surface area contributed by atoms with E-state index in [-0.39, 0.29) is 0 Å². The first-order valence-corrected chi connectivity index (χ1v) is 6.07. The molecule has 1 unspecified atom stereocenters. The molecule has 0 aliphatic rings. The molecular weight excluding hydrogens is 261 g/mol. The first-order valence-electron chi connectivity index (χ1n) is 5.31. The molecule has 0 radical (unpaired) electrons. The van der Waals surface area contributed by atoms with Crippen LogP contribution in [0.1, 0.15) is 25.8 Å². The molecule has 0 saturated heterocycles. The van der Waals surface area contributed by atoms with E-state index in [2.05, 4.69) is 5.32 Å². The number of carboxylic acids is 1. The second-order valence-corrected chi connectivity index (χ2v) is 4.92. The molecule has 0 bridgehead atoms. The van der Waals surface area contributed by atoms with Gasteiger partial charge in [0.25, 0.3) is 0 Å². The Hall–Kier alpha value is -0.770. The quantitative estimate of drug-likeness (QED) is 0.867. The lowest BCUT2D eigenvalue weighted by atomic mass is 9.99. The summed E-state index contributed by atoms with van der Waals surface area (Å²) in [4.78, 5) is 11.1. The van der Waals surface area contributed by atoms with Crippen molar-refractivity contribution in [2.75, 3.05) is 0 Å². The number of hydrogen-bond acceptors (Lipinski definition) is 2. The summed E-state index contributed by atoms with van der Waals surface area (Å²) >= 11 is 11.9. The molecule has 0 spiro atoms. The highest BCUT2D eigenvalue weighted by atomic mass is 35.5. The minimum atomic E-state index is -0.953. The summed E-state index contributed by atoms with van der Waals surface area (Å²) < 4.78 is 0. The molecule has 1 rings (SSSR count). The number of carboxylic acid groups (broad SMARTS) is 1. The van der Waals surface area contributed by atoms with E-state index >= 15 is 0 Å². The van der Waals surface area contributed by atoms with Gasteiger partial charge in [-0.1, -0.05) is 30.1 Å². The average Bonchev–Trinajstić information content (AvgIpc) is 2.29. The third-order valence-corrected chi connectivity index (χ3v) is 3.46. The second kappa shape index (κ2) is 5.71. The predicted octanol–water partition coefficient (Wildman–Crippen LogP) is 3.34. The van der Waals surface area contributed by atoms with E-state index < -0.39 is 11.5 Å². The number of benzene rings is 1. The lowest BCUT2D eigenvalue weighted by molar-refractivity contribution is -0.144. The molecule has 0 fully saturated rings. The topological polar surface area (TPSA) is 49.3 Å². The van der Waals surface area contributed by atoms with Crippen LogP contribution < -0.4 is 5.32 Å². The first-order chi connectivity index (χ1) is 7.89. The summed E-state index contributed by atoms with van der Waals surface area (Å²) in [5.74, 6) is -0.877. The smallest absolute Gasteiger partial charge is 0.323 e. The minimum absolute atomic E-state index is 0.371. The van der Waals surface area contributed by atoms with Crippen LogP contribution >= 0.6 is 23.2 Å². The van der Waals surface area contributed by atoms with Crippen molar-refractivity contribution < 1.29 is 9.90 Å². The van der Waals surface area contributed by atoms with E-state index in [9.17, 15) is 4.79 Å². The van der Waals surface area contributed by atoms with Crippen molar-refractivity contribution >= 4 is 29.2 Å². The Balaban J connectivity index is 2.79. The molecule has 17 heavy (non-hydrogen) atoms. The summed E-state index contributed by atoms with van der Waals surface area (Å²) in [7, 11) is 0. The van der Waals surface area contributed by atoms with Crippen LogP contribution in [-0.2, 0) is 11.3 Å². The maximum Gasteiger partial charge on any atom is 0.323 e. The van der Waals surface area contributed by atoms with Crippen LogP contribution in [-0.4, -0.2) is 16.6 Å². The Morgan fingerprint density at radius 3 is 2.65 bits per heavy atom. The van der Waals surface area contributed by atoms with Crippen LogP contribution in [0.5, 0.6) is 0 Å². The zero-order valence-corrected chi connectivity index (χ0v) is 11.3. The van der Waals surface area contributed by atoms with Gasteiger partial charge in [-0.05, 0) is 37.1 Å². The number of nitrogens with one attached hydrogen (secondary N) is 1. The highest BCUT2D eigenvalue weighted by Gasteiger charge is 2.30. The average molecular weight is 276 g/mol. The molecule has 94 valence electrons. The molecule has 1 aromatic rings. The number of halogens is 2. The van der Waals surface area contributed by atoms with Gasteiger partial charge in [0.2, 0.25) is 0 Å². The Labute approximate surface area is 111 Å². The third kappa shape index (κ3) is 3.60. The fourth-order valence-corrected chi connectivity index (χ4v) is 1.70. The minimum Gasteiger partial charge on any atom is -0.480 e. The highest BCUT2D eigenvalue weighted by molar-refractivity contribution is 6.33. The lowest BCUT2D eigenvalue weighted by Gasteiger charge is -2.25. The fraction of sp³-hybridized carbons (Fsp3) is 0.417. The van der Waals surface area contributed by atoms with Gasteiger partial charge in [-0.3, -0.25) is 10.1 Å². The van der Waals surface area contributed by atoms with E-state index in [1.54, 1.807) is 25.1 Å². The molecule has 0 aromatic heterocycles. The van der Waals surface area contributed by atoms with E-state index in [4.69, 9.17) is 28.3 Å². The van der Waals surface area contributed by atoms with Gasteiger partial charge in [0.05, 0.1) is 0 Å². The van der Waals surface area contributed by atoms with E-state index in [0.29, 0.717) is 23.0 Å². The van der Waals surface area contributed by atoms with Gasteiger partial charge >= 0.3 is 5.97 Å².